The average Bonchev–Trinajstić information content (AvgIpc) is 3.80. The molecule has 3 aromatic heterocycles. The van der Waals surface area contributed by atoms with E-state index < -0.39 is 10.0 Å². The molecule has 0 N–H and O–H groups in total. The molecule has 246 valence electrons. The van der Waals surface area contributed by atoms with Gasteiger partial charge in [-0.2, -0.15) is 0 Å². The second kappa shape index (κ2) is 10.9. The van der Waals surface area contributed by atoms with Crippen molar-refractivity contribution in [3.63, 3.8) is 0 Å². The van der Waals surface area contributed by atoms with E-state index in [1.807, 2.05) is 127 Å². The zero-order valence-electron chi connectivity index (χ0n) is 27.2. The van der Waals surface area contributed by atoms with Crippen molar-refractivity contribution in [3.8, 4) is 11.4 Å². The number of rotatable bonds is 4. The van der Waals surface area contributed by atoms with E-state index in [1.165, 1.54) is 10.0 Å². The molecule has 0 atom stereocenters. The first-order valence-corrected chi connectivity index (χ1v) is 18.8. The summed E-state index contributed by atoms with van der Waals surface area (Å²) in [6.07, 6.45) is 0. The van der Waals surface area contributed by atoms with Gasteiger partial charge in [0.05, 0.1) is 43.7 Å². The van der Waals surface area contributed by atoms with E-state index in [2.05, 4.69) is 26.6 Å². The maximum absolute atomic E-state index is 16.1. The second-order valence-corrected chi connectivity index (χ2v) is 15.5. The van der Waals surface area contributed by atoms with Gasteiger partial charge in [-0.05, 0) is 83.5 Å². The Hall–Kier alpha value is -5.70. The lowest BCUT2D eigenvalue weighted by molar-refractivity contribution is 0.590. The molecular weight excluding hydrogens is 721 g/mol. The third-order valence-corrected chi connectivity index (χ3v) is 12.4. The summed E-state index contributed by atoms with van der Waals surface area (Å²) >= 11 is 3.91. The van der Waals surface area contributed by atoms with Gasteiger partial charge in [0.25, 0.3) is 10.0 Å². The van der Waals surface area contributed by atoms with Crippen molar-refractivity contribution in [1.82, 2.24) is 13.1 Å². The van der Waals surface area contributed by atoms with Crippen LogP contribution in [0.5, 0.6) is 0 Å². The SMILES string of the molecule is Cc1ccc(S(=O)(=O)n2c3ccccc3c3ccc4c(c5c(-n6c7ccccc7c7cccc(F)c76)ccc(Br)c5n4-c4ccccc4)c32)cc1. The van der Waals surface area contributed by atoms with E-state index in [-0.39, 0.29) is 10.7 Å². The van der Waals surface area contributed by atoms with E-state index in [1.54, 1.807) is 18.2 Å². The van der Waals surface area contributed by atoms with Crippen molar-refractivity contribution in [2.75, 3.05) is 0 Å². The Morgan fingerprint density at radius 2 is 1.18 bits per heavy atom. The molecule has 8 heteroatoms. The number of hydrogen-bond acceptors (Lipinski definition) is 2. The number of fused-ring (bicyclic) bond motifs is 10. The van der Waals surface area contributed by atoms with Crippen LogP contribution in [0, 0.1) is 12.7 Å². The first kappa shape index (κ1) is 30.2. The molecule has 0 aliphatic heterocycles. The van der Waals surface area contributed by atoms with Gasteiger partial charge in [0.1, 0.15) is 5.82 Å². The molecule has 10 aromatic rings. The number of nitrogens with zero attached hydrogens (tertiary/aromatic N) is 3. The fourth-order valence-corrected chi connectivity index (χ4v) is 9.95. The van der Waals surface area contributed by atoms with Crippen LogP contribution in [0.1, 0.15) is 5.56 Å². The van der Waals surface area contributed by atoms with Gasteiger partial charge < -0.3 is 9.13 Å². The lowest BCUT2D eigenvalue weighted by Gasteiger charge is -2.14. The lowest BCUT2D eigenvalue weighted by atomic mass is 10.1. The van der Waals surface area contributed by atoms with Gasteiger partial charge in [0.2, 0.25) is 0 Å². The lowest BCUT2D eigenvalue weighted by Crippen LogP contribution is -2.13. The Bertz CT molecular complexity index is 3180. The minimum atomic E-state index is -4.11. The van der Waals surface area contributed by atoms with Crippen LogP contribution in [-0.4, -0.2) is 21.5 Å². The van der Waals surface area contributed by atoms with Gasteiger partial charge in [0.15, 0.2) is 0 Å². The van der Waals surface area contributed by atoms with Gasteiger partial charge >= 0.3 is 0 Å². The zero-order valence-corrected chi connectivity index (χ0v) is 29.6. The van der Waals surface area contributed by atoms with Gasteiger partial charge in [-0.1, -0.05) is 90.5 Å². The van der Waals surface area contributed by atoms with E-state index in [4.69, 9.17) is 0 Å². The molecule has 7 aromatic carbocycles. The predicted molar refractivity (Wildman–Crippen MR) is 210 cm³/mol. The number of halogens is 2. The second-order valence-electron chi connectivity index (χ2n) is 12.9. The smallest absolute Gasteiger partial charge is 0.268 e. The Kier molecular flexibility index (Phi) is 6.44. The van der Waals surface area contributed by atoms with Crippen LogP contribution in [0.2, 0.25) is 0 Å². The molecule has 0 aliphatic carbocycles. The third-order valence-electron chi connectivity index (χ3n) is 10.1. The maximum atomic E-state index is 16.1. The van der Waals surface area contributed by atoms with Crippen molar-refractivity contribution in [1.29, 1.82) is 0 Å². The van der Waals surface area contributed by atoms with Crippen LogP contribution in [0.25, 0.3) is 76.8 Å². The predicted octanol–water partition coefficient (Wildman–Crippen LogP) is 11.4. The summed E-state index contributed by atoms with van der Waals surface area (Å²) in [7, 11) is -4.11. The molecule has 0 bridgehead atoms. The molecule has 0 saturated carbocycles. The van der Waals surface area contributed by atoms with Gasteiger partial charge in [-0.3, -0.25) is 0 Å². The number of aromatic nitrogens is 3. The summed E-state index contributed by atoms with van der Waals surface area (Å²) in [5, 5.41) is 4.90. The summed E-state index contributed by atoms with van der Waals surface area (Å²) in [5.74, 6) is -0.340. The first-order valence-electron chi connectivity index (χ1n) is 16.6. The Morgan fingerprint density at radius 1 is 0.529 bits per heavy atom. The molecule has 3 heterocycles. The third kappa shape index (κ3) is 4.14. The minimum Gasteiger partial charge on any atom is -0.308 e. The van der Waals surface area contributed by atoms with Crippen molar-refractivity contribution >= 4 is 91.4 Å². The Labute approximate surface area is 300 Å². The van der Waals surface area contributed by atoms with Gasteiger partial charge in [0, 0.05) is 42.5 Å². The van der Waals surface area contributed by atoms with E-state index in [9.17, 15) is 8.42 Å². The number of aryl methyl sites for hydroxylation is 1. The van der Waals surface area contributed by atoms with Crippen molar-refractivity contribution < 1.29 is 12.8 Å². The highest BCUT2D eigenvalue weighted by Gasteiger charge is 2.29. The summed E-state index contributed by atoms with van der Waals surface area (Å²) in [5.41, 5.74) is 6.74. The van der Waals surface area contributed by atoms with Crippen molar-refractivity contribution in [2.45, 2.75) is 11.8 Å². The fraction of sp³-hybridized carbons (Fsp3) is 0.0233. The van der Waals surface area contributed by atoms with Crippen LogP contribution < -0.4 is 0 Å². The largest absolute Gasteiger partial charge is 0.308 e. The molecule has 51 heavy (non-hydrogen) atoms. The molecule has 0 fully saturated rings. The molecule has 5 nitrogen and oxygen atoms in total. The number of benzene rings is 7. The summed E-state index contributed by atoms with van der Waals surface area (Å²) < 4.78 is 52.5. The minimum absolute atomic E-state index is 0.199. The first-order chi connectivity index (χ1) is 24.8. The molecule has 10 rings (SSSR count). The van der Waals surface area contributed by atoms with Gasteiger partial charge in [-0.25, -0.2) is 16.8 Å². The molecule has 0 aliphatic rings. The molecular formula is C43H27BrFN3O2S. The van der Waals surface area contributed by atoms with Crippen LogP contribution in [-0.2, 0) is 10.0 Å². The normalized spacial score (nSPS) is 12.4. The Balaban J connectivity index is 1.50. The molecule has 0 unspecified atom stereocenters. The zero-order chi connectivity index (χ0) is 34.6. The van der Waals surface area contributed by atoms with Crippen LogP contribution in [0.3, 0.4) is 0 Å². The van der Waals surface area contributed by atoms with Gasteiger partial charge in [-0.15, -0.1) is 0 Å². The standard InChI is InChI=1S/C43H27BrFN3O2S/c1-26-18-20-28(21-19-26)51(49,50)48-36-17-8-6-13-30(36)32-22-24-37-39(42(32)48)40-38(25-23-33(44)43(40)46(37)27-10-3-2-4-11-27)47-35-16-7-5-12-29(35)31-14-9-15-34(45)41(31)47/h2-25H,1H3. The quantitative estimate of drug-likeness (QED) is 0.180. The Morgan fingerprint density at radius 3 is 1.94 bits per heavy atom. The van der Waals surface area contributed by atoms with Crippen LogP contribution in [0.4, 0.5) is 4.39 Å². The molecule has 0 radical (unpaired) electrons. The topological polar surface area (TPSA) is 48.9 Å². The van der Waals surface area contributed by atoms with Crippen molar-refractivity contribution in [3.05, 3.63) is 161 Å². The maximum Gasteiger partial charge on any atom is 0.268 e. The fourth-order valence-electron chi connectivity index (χ4n) is 7.91. The number of hydrogen-bond donors (Lipinski definition) is 0. The van der Waals surface area contributed by atoms with E-state index in [0.29, 0.717) is 16.6 Å². The molecule has 0 saturated heterocycles. The summed E-state index contributed by atoms with van der Waals surface area (Å²) in [6, 6.07) is 45.9. The van der Waals surface area contributed by atoms with Crippen molar-refractivity contribution in [2.24, 2.45) is 0 Å². The summed E-state index contributed by atoms with van der Waals surface area (Å²) in [6.45, 7) is 1.94. The van der Waals surface area contributed by atoms with E-state index >= 15 is 4.39 Å². The van der Waals surface area contributed by atoms with Crippen LogP contribution >= 0.6 is 15.9 Å². The molecule has 0 spiro atoms. The number of para-hydroxylation sites is 4. The van der Waals surface area contributed by atoms with Crippen LogP contribution in [0.15, 0.2) is 155 Å². The summed E-state index contributed by atoms with van der Waals surface area (Å²) in [4.78, 5) is 0.199. The average molecular weight is 749 g/mol. The molecule has 0 amide bonds. The highest BCUT2D eigenvalue weighted by Crippen LogP contribution is 2.47. The monoisotopic (exact) mass is 747 g/mol. The highest BCUT2D eigenvalue weighted by molar-refractivity contribution is 9.10. The highest BCUT2D eigenvalue weighted by atomic mass is 79.9. The van der Waals surface area contributed by atoms with E-state index in [0.717, 1.165) is 70.3 Å².